The van der Waals surface area contributed by atoms with E-state index < -0.39 is 17.3 Å². The fourth-order valence-corrected chi connectivity index (χ4v) is 0.834. The van der Waals surface area contributed by atoms with Gasteiger partial charge >= 0.3 is 0 Å². The molecule has 0 saturated heterocycles. The van der Waals surface area contributed by atoms with Crippen LogP contribution in [0.3, 0.4) is 0 Å². The van der Waals surface area contributed by atoms with Crippen molar-refractivity contribution in [2.75, 3.05) is 5.73 Å². The predicted octanol–water partition coefficient (Wildman–Crippen LogP) is 2.08. The van der Waals surface area contributed by atoms with Crippen LogP contribution in [0.25, 0.3) is 6.08 Å². The van der Waals surface area contributed by atoms with E-state index in [0.29, 0.717) is 0 Å². The molecule has 0 aromatic heterocycles. The number of allylic oxidation sites excluding steroid dienone is 1. The molecule has 0 spiro atoms. The Morgan fingerprint density at radius 1 is 1.31 bits per heavy atom. The number of nitriles is 1. The lowest BCUT2D eigenvalue weighted by molar-refractivity contribution is 0.591. The van der Waals surface area contributed by atoms with Gasteiger partial charge in [-0.1, -0.05) is 0 Å². The highest BCUT2D eigenvalue weighted by Gasteiger charge is 2.05. The van der Waals surface area contributed by atoms with E-state index in [-0.39, 0.29) is 5.56 Å². The first-order valence-electron chi connectivity index (χ1n) is 3.46. The standard InChI is InChI=1S/C9H6F2N2/c10-7-4-6(2-1-3-12)5-8(11)9(7)13/h1-2,4-5H,13H2/b2-1+. The fraction of sp³-hybridized carbons (Fsp3) is 0. The maximum absolute atomic E-state index is 12.8. The second-order valence-electron chi connectivity index (χ2n) is 2.36. The molecule has 66 valence electrons. The molecule has 0 aliphatic carbocycles. The van der Waals surface area contributed by atoms with E-state index in [1.807, 2.05) is 0 Å². The highest BCUT2D eigenvalue weighted by Crippen LogP contribution is 2.17. The third-order valence-electron chi connectivity index (χ3n) is 1.45. The highest BCUT2D eigenvalue weighted by molar-refractivity contribution is 5.56. The Labute approximate surface area is 73.9 Å². The molecule has 1 aromatic carbocycles. The van der Waals surface area contributed by atoms with Crippen LogP contribution in [0.2, 0.25) is 0 Å². The minimum atomic E-state index is -0.822. The molecule has 0 bridgehead atoms. The van der Waals surface area contributed by atoms with Crippen molar-refractivity contribution in [1.82, 2.24) is 0 Å². The van der Waals surface area contributed by atoms with Crippen LogP contribution in [0.15, 0.2) is 18.2 Å². The number of halogens is 2. The van der Waals surface area contributed by atoms with E-state index in [0.717, 1.165) is 18.2 Å². The Hall–Kier alpha value is -1.89. The number of nitrogens with two attached hydrogens (primary N) is 1. The smallest absolute Gasteiger partial charge is 0.149 e. The Morgan fingerprint density at radius 2 is 1.85 bits per heavy atom. The summed E-state index contributed by atoms with van der Waals surface area (Å²) in [5.41, 5.74) is 4.80. The fourth-order valence-electron chi connectivity index (χ4n) is 0.834. The molecule has 2 nitrogen and oxygen atoms in total. The minimum Gasteiger partial charge on any atom is -0.394 e. The summed E-state index contributed by atoms with van der Waals surface area (Å²) in [7, 11) is 0. The second-order valence-corrected chi connectivity index (χ2v) is 2.36. The van der Waals surface area contributed by atoms with E-state index in [1.54, 1.807) is 6.07 Å². The zero-order chi connectivity index (χ0) is 9.84. The van der Waals surface area contributed by atoms with Crippen molar-refractivity contribution < 1.29 is 8.78 Å². The highest BCUT2D eigenvalue weighted by atomic mass is 19.1. The van der Waals surface area contributed by atoms with Crippen LogP contribution in [0.5, 0.6) is 0 Å². The van der Waals surface area contributed by atoms with Gasteiger partial charge in [0, 0.05) is 6.08 Å². The molecule has 0 radical (unpaired) electrons. The Bertz CT molecular complexity index is 368. The maximum atomic E-state index is 12.8. The molecular formula is C9H6F2N2. The van der Waals surface area contributed by atoms with Gasteiger partial charge in [0.25, 0.3) is 0 Å². The monoisotopic (exact) mass is 180 g/mol. The average Bonchev–Trinajstić information content (AvgIpc) is 2.10. The van der Waals surface area contributed by atoms with E-state index >= 15 is 0 Å². The van der Waals surface area contributed by atoms with Crippen molar-refractivity contribution in [1.29, 1.82) is 5.26 Å². The maximum Gasteiger partial charge on any atom is 0.149 e. The number of anilines is 1. The molecule has 0 saturated carbocycles. The van der Waals surface area contributed by atoms with Crippen molar-refractivity contribution in [2.24, 2.45) is 0 Å². The largest absolute Gasteiger partial charge is 0.394 e. The lowest BCUT2D eigenvalue weighted by Gasteiger charge is -1.99. The molecule has 2 N–H and O–H groups in total. The normalized spacial score (nSPS) is 10.2. The van der Waals surface area contributed by atoms with Crippen LogP contribution >= 0.6 is 0 Å². The molecule has 0 atom stereocenters. The van der Waals surface area contributed by atoms with Crippen LogP contribution in [0, 0.1) is 23.0 Å². The van der Waals surface area contributed by atoms with Gasteiger partial charge in [-0.3, -0.25) is 0 Å². The van der Waals surface area contributed by atoms with Gasteiger partial charge in [0.2, 0.25) is 0 Å². The number of rotatable bonds is 1. The van der Waals surface area contributed by atoms with Gasteiger partial charge in [0.1, 0.15) is 17.3 Å². The first-order chi connectivity index (χ1) is 6.15. The van der Waals surface area contributed by atoms with Gasteiger partial charge in [-0.15, -0.1) is 0 Å². The summed E-state index contributed by atoms with van der Waals surface area (Å²) in [5, 5.41) is 8.17. The number of hydrogen-bond donors (Lipinski definition) is 1. The van der Waals surface area contributed by atoms with E-state index in [1.165, 1.54) is 6.08 Å². The van der Waals surface area contributed by atoms with Gasteiger partial charge in [0.05, 0.1) is 6.07 Å². The first-order valence-corrected chi connectivity index (χ1v) is 3.46. The minimum absolute atomic E-state index is 0.269. The third kappa shape index (κ3) is 2.03. The van der Waals surface area contributed by atoms with Gasteiger partial charge in [-0.25, -0.2) is 8.78 Å². The number of nitrogens with zero attached hydrogens (tertiary/aromatic N) is 1. The van der Waals surface area contributed by atoms with E-state index in [2.05, 4.69) is 0 Å². The summed E-state index contributed by atoms with van der Waals surface area (Å²) >= 11 is 0. The van der Waals surface area contributed by atoms with Gasteiger partial charge in [0.15, 0.2) is 0 Å². The van der Waals surface area contributed by atoms with Gasteiger partial charge < -0.3 is 5.73 Å². The molecule has 0 fully saturated rings. The van der Waals surface area contributed by atoms with E-state index in [4.69, 9.17) is 11.0 Å². The van der Waals surface area contributed by atoms with Crippen molar-refractivity contribution >= 4 is 11.8 Å². The van der Waals surface area contributed by atoms with Crippen LogP contribution < -0.4 is 5.73 Å². The summed E-state index contributed by atoms with van der Waals surface area (Å²) in [6.07, 6.45) is 2.43. The van der Waals surface area contributed by atoms with Crippen molar-refractivity contribution in [3.63, 3.8) is 0 Å². The number of hydrogen-bond acceptors (Lipinski definition) is 2. The molecule has 13 heavy (non-hydrogen) atoms. The number of benzene rings is 1. The van der Waals surface area contributed by atoms with Gasteiger partial charge in [-0.2, -0.15) is 5.26 Å². The molecular weight excluding hydrogens is 174 g/mol. The molecule has 0 aliphatic heterocycles. The van der Waals surface area contributed by atoms with Crippen LogP contribution in [-0.4, -0.2) is 0 Å². The zero-order valence-electron chi connectivity index (χ0n) is 6.59. The average molecular weight is 180 g/mol. The molecule has 0 amide bonds. The summed E-state index contributed by atoms with van der Waals surface area (Å²) in [4.78, 5) is 0. The lowest BCUT2D eigenvalue weighted by atomic mass is 10.2. The second kappa shape index (κ2) is 3.68. The summed E-state index contributed by atoms with van der Waals surface area (Å²) < 4.78 is 25.6. The Morgan fingerprint density at radius 3 is 2.31 bits per heavy atom. The molecule has 1 aromatic rings. The van der Waals surface area contributed by atoms with Crippen molar-refractivity contribution in [3.05, 3.63) is 35.4 Å². The lowest BCUT2D eigenvalue weighted by Crippen LogP contribution is -1.95. The van der Waals surface area contributed by atoms with Crippen LogP contribution in [0.4, 0.5) is 14.5 Å². The number of nitrogen functional groups attached to an aromatic ring is 1. The third-order valence-corrected chi connectivity index (χ3v) is 1.45. The quantitative estimate of drug-likeness (QED) is 0.531. The summed E-state index contributed by atoms with van der Waals surface area (Å²) in [6, 6.07) is 3.84. The topological polar surface area (TPSA) is 49.8 Å². The van der Waals surface area contributed by atoms with Crippen LogP contribution in [-0.2, 0) is 0 Å². The summed E-state index contributed by atoms with van der Waals surface area (Å²) in [5.74, 6) is -1.64. The first kappa shape index (κ1) is 9.20. The summed E-state index contributed by atoms with van der Waals surface area (Å²) in [6.45, 7) is 0. The molecule has 4 heteroatoms. The molecule has 0 aliphatic rings. The zero-order valence-corrected chi connectivity index (χ0v) is 6.59. The molecule has 0 heterocycles. The van der Waals surface area contributed by atoms with Gasteiger partial charge in [-0.05, 0) is 23.8 Å². The SMILES string of the molecule is N#C/C=C/c1cc(F)c(N)c(F)c1. The van der Waals surface area contributed by atoms with E-state index in [9.17, 15) is 8.78 Å². The predicted molar refractivity (Wildman–Crippen MR) is 45.4 cm³/mol. The Kier molecular flexibility index (Phi) is 2.60. The Balaban J connectivity index is 3.15. The van der Waals surface area contributed by atoms with Crippen molar-refractivity contribution in [2.45, 2.75) is 0 Å². The molecule has 0 unspecified atom stereocenters. The van der Waals surface area contributed by atoms with Crippen LogP contribution in [0.1, 0.15) is 5.56 Å². The molecule has 1 rings (SSSR count). The van der Waals surface area contributed by atoms with Crippen molar-refractivity contribution in [3.8, 4) is 6.07 Å².